The van der Waals surface area contributed by atoms with Gasteiger partial charge in [-0.15, -0.1) is 11.3 Å². The number of ether oxygens (including phenoxy) is 1. The van der Waals surface area contributed by atoms with Crippen LogP contribution in [-0.2, 0) is 10.0 Å². The summed E-state index contributed by atoms with van der Waals surface area (Å²) in [5.41, 5.74) is 2.33. The summed E-state index contributed by atoms with van der Waals surface area (Å²) in [7, 11) is -2.24. The number of methoxy groups -OCH3 is 1. The number of nitrogens with one attached hydrogen (secondary N) is 2. The van der Waals surface area contributed by atoms with Gasteiger partial charge < -0.3 is 10.1 Å². The van der Waals surface area contributed by atoms with Crippen molar-refractivity contribution in [3.05, 3.63) is 72.3 Å². The van der Waals surface area contributed by atoms with Crippen LogP contribution in [0.1, 0.15) is 10.4 Å². The molecule has 164 valence electrons. The summed E-state index contributed by atoms with van der Waals surface area (Å²) in [6, 6.07) is 17.9. The third-order valence-electron chi connectivity index (χ3n) is 4.57. The van der Waals surface area contributed by atoms with Crippen molar-refractivity contribution in [3.63, 3.8) is 0 Å². The van der Waals surface area contributed by atoms with E-state index in [2.05, 4.69) is 15.0 Å². The van der Waals surface area contributed by atoms with Gasteiger partial charge in [0, 0.05) is 16.9 Å². The number of aromatic nitrogens is 1. The summed E-state index contributed by atoms with van der Waals surface area (Å²) in [5.74, 6) is 0.280. The normalized spacial score (nSPS) is 11.3. The molecule has 4 aromatic rings. The van der Waals surface area contributed by atoms with Crippen molar-refractivity contribution in [1.82, 2.24) is 4.98 Å². The highest BCUT2D eigenvalue weighted by molar-refractivity contribution is 8.00. The number of thiazole rings is 1. The highest BCUT2D eigenvalue weighted by atomic mass is 32.2. The average Bonchev–Trinajstić information content (AvgIpc) is 3.22. The Morgan fingerprint density at radius 1 is 1.00 bits per heavy atom. The number of thioether (sulfide) groups is 1. The van der Waals surface area contributed by atoms with Crippen molar-refractivity contribution in [1.29, 1.82) is 0 Å². The molecule has 7 nitrogen and oxygen atoms in total. The third-order valence-corrected chi connectivity index (χ3v) is 7.97. The maximum absolute atomic E-state index is 12.6. The van der Waals surface area contributed by atoms with Crippen molar-refractivity contribution in [2.24, 2.45) is 0 Å². The molecule has 0 spiro atoms. The van der Waals surface area contributed by atoms with Crippen LogP contribution in [0.4, 0.5) is 11.4 Å². The van der Waals surface area contributed by atoms with E-state index in [4.69, 9.17) is 4.74 Å². The molecule has 1 amide bonds. The molecule has 0 aliphatic carbocycles. The molecule has 32 heavy (non-hydrogen) atoms. The summed E-state index contributed by atoms with van der Waals surface area (Å²) in [6.45, 7) is 0. The first-order valence-electron chi connectivity index (χ1n) is 9.41. The van der Waals surface area contributed by atoms with Crippen molar-refractivity contribution in [2.75, 3.05) is 23.4 Å². The molecule has 10 heteroatoms. The van der Waals surface area contributed by atoms with E-state index in [-0.39, 0.29) is 10.8 Å². The molecular formula is C22H19N3O4S3. The Hall–Kier alpha value is -3.08. The maximum Gasteiger partial charge on any atom is 0.261 e. The smallest absolute Gasteiger partial charge is 0.261 e. The van der Waals surface area contributed by atoms with E-state index in [0.717, 1.165) is 14.6 Å². The predicted octanol–water partition coefficient (Wildman–Crippen LogP) is 5.08. The average molecular weight is 486 g/mol. The molecule has 0 bridgehead atoms. The highest BCUT2D eigenvalue weighted by Gasteiger charge is 2.15. The number of carbonyl (C=O) groups excluding carboxylic acids is 1. The van der Waals surface area contributed by atoms with E-state index in [9.17, 15) is 13.2 Å². The molecule has 0 saturated carbocycles. The van der Waals surface area contributed by atoms with Crippen LogP contribution >= 0.6 is 23.1 Å². The van der Waals surface area contributed by atoms with Gasteiger partial charge in [-0.1, -0.05) is 11.8 Å². The van der Waals surface area contributed by atoms with Gasteiger partial charge in [0.2, 0.25) is 0 Å². The Morgan fingerprint density at radius 3 is 2.34 bits per heavy atom. The van der Waals surface area contributed by atoms with Gasteiger partial charge in [-0.2, -0.15) is 0 Å². The van der Waals surface area contributed by atoms with Crippen LogP contribution in [0.15, 0.2) is 76.0 Å². The molecule has 1 aromatic heterocycles. The van der Waals surface area contributed by atoms with Crippen molar-refractivity contribution >= 4 is 60.6 Å². The second-order valence-corrected chi connectivity index (χ2v) is 10.4. The first-order chi connectivity index (χ1) is 15.4. The van der Waals surface area contributed by atoms with Crippen molar-refractivity contribution in [3.8, 4) is 5.75 Å². The Morgan fingerprint density at radius 2 is 1.69 bits per heavy atom. The van der Waals surface area contributed by atoms with E-state index < -0.39 is 10.0 Å². The lowest BCUT2D eigenvalue weighted by Gasteiger charge is -2.10. The zero-order valence-electron chi connectivity index (χ0n) is 17.2. The number of amides is 1. The maximum atomic E-state index is 12.6. The number of anilines is 2. The monoisotopic (exact) mass is 485 g/mol. The Kier molecular flexibility index (Phi) is 6.35. The summed E-state index contributed by atoms with van der Waals surface area (Å²) in [6.07, 6.45) is 1.97. The lowest BCUT2D eigenvalue weighted by Crippen LogP contribution is -2.14. The standard InChI is InChI=1S/C22H19N3O4S3/c1-29-17-8-10-18(11-9-17)32(27,28)25-15-5-3-14(4-6-15)21(26)23-16-7-12-19-20(13-16)31-22(24-19)30-2/h3-13,25H,1-2H3,(H,23,26). The van der Waals surface area contributed by atoms with Crippen LogP contribution in [0.5, 0.6) is 5.75 Å². The topological polar surface area (TPSA) is 97.4 Å². The molecular weight excluding hydrogens is 466 g/mol. The number of sulfonamides is 1. The van der Waals surface area contributed by atoms with Crippen LogP contribution in [0, 0.1) is 0 Å². The second-order valence-electron chi connectivity index (χ2n) is 6.68. The molecule has 1 heterocycles. The molecule has 0 aliphatic rings. The van der Waals surface area contributed by atoms with Crippen LogP contribution in [-0.4, -0.2) is 32.7 Å². The number of hydrogen-bond acceptors (Lipinski definition) is 7. The lowest BCUT2D eigenvalue weighted by molar-refractivity contribution is 0.102. The summed E-state index contributed by atoms with van der Waals surface area (Å²) < 4.78 is 34.6. The highest BCUT2D eigenvalue weighted by Crippen LogP contribution is 2.30. The van der Waals surface area contributed by atoms with Gasteiger partial charge in [0.1, 0.15) is 5.75 Å². The molecule has 0 fully saturated rings. The summed E-state index contributed by atoms with van der Waals surface area (Å²) >= 11 is 3.15. The molecule has 0 atom stereocenters. The van der Waals surface area contributed by atoms with E-state index in [1.165, 1.54) is 19.2 Å². The summed E-state index contributed by atoms with van der Waals surface area (Å²) in [4.78, 5) is 17.2. The second kappa shape index (κ2) is 9.19. The zero-order valence-corrected chi connectivity index (χ0v) is 19.6. The van der Waals surface area contributed by atoms with Gasteiger partial charge in [-0.05, 0) is 73.0 Å². The fourth-order valence-electron chi connectivity index (χ4n) is 2.93. The SMILES string of the molecule is COc1ccc(S(=O)(=O)Nc2ccc(C(=O)Nc3ccc4nc(SC)sc4c3)cc2)cc1. The lowest BCUT2D eigenvalue weighted by atomic mass is 10.2. The van der Waals surface area contributed by atoms with Crippen LogP contribution in [0.25, 0.3) is 10.2 Å². The fourth-order valence-corrected chi connectivity index (χ4v) is 5.52. The number of nitrogens with zero attached hydrogens (tertiary/aromatic N) is 1. The zero-order chi connectivity index (χ0) is 22.7. The molecule has 0 aliphatic heterocycles. The Balaban J connectivity index is 1.45. The predicted molar refractivity (Wildman–Crippen MR) is 130 cm³/mol. The minimum absolute atomic E-state index is 0.114. The Bertz CT molecular complexity index is 1370. The van der Waals surface area contributed by atoms with Gasteiger partial charge >= 0.3 is 0 Å². The first-order valence-corrected chi connectivity index (χ1v) is 12.9. The van der Waals surface area contributed by atoms with Gasteiger partial charge in [0.05, 0.1) is 22.2 Å². The van der Waals surface area contributed by atoms with Crippen LogP contribution < -0.4 is 14.8 Å². The Labute approximate surface area is 193 Å². The molecule has 0 radical (unpaired) electrons. The van der Waals surface area contributed by atoms with E-state index >= 15 is 0 Å². The quantitative estimate of drug-likeness (QED) is 0.354. The van der Waals surface area contributed by atoms with Gasteiger partial charge in [0.15, 0.2) is 4.34 Å². The number of rotatable bonds is 7. The first kappa shape index (κ1) is 22.1. The molecule has 0 saturated heterocycles. The van der Waals surface area contributed by atoms with E-state index in [0.29, 0.717) is 22.7 Å². The van der Waals surface area contributed by atoms with Gasteiger partial charge in [-0.25, -0.2) is 13.4 Å². The number of carbonyl (C=O) groups is 1. The number of fused-ring (bicyclic) bond motifs is 1. The van der Waals surface area contributed by atoms with Gasteiger partial charge in [0.25, 0.3) is 15.9 Å². The molecule has 2 N–H and O–H groups in total. The van der Waals surface area contributed by atoms with Crippen molar-refractivity contribution in [2.45, 2.75) is 9.24 Å². The van der Waals surface area contributed by atoms with Gasteiger partial charge in [-0.3, -0.25) is 9.52 Å². The van der Waals surface area contributed by atoms with Crippen molar-refractivity contribution < 1.29 is 17.9 Å². The van der Waals surface area contributed by atoms with Crippen LogP contribution in [0.3, 0.4) is 0 Å². The molecule has 3 aromatic carbocycles. The fraction of sp³-hybridized carbons (Fsp3) is 0.0909. The van der Waals surface area contributed by atoms with E-state index in [1.54, 1.807) is 65.6 Å². The largest absolute Gasteiger partial charge is 0.497 e. The summed E-state index contributed by atoms with van der Waals surface area (Å²) in [5, 5.41) is 2.86. The minimum atomic E-state index is -3.75. The number of hydrogen-bond donors (Lipinski definition) is 2. The van der Waals surface area contributed by atoms with Crippen LogP contribution in [0.2, 0.25) is 0 Å². The van der Waals surface area contributed by atoms with E-state index in [1.807, 2.05) is 18.4 Å². The number of benzene rings is 3. The minimum Gasteiger partial charge on any atom is -0.497 e. The molecule has 4 rings (SSSR count). The third kappa shape index (κ3) is 4.87. The molecule has 0 unspecified atom stereocenters.